The third-order valence-corrected chi connectivity index (χ3v) is 10.6. The zero-order valence-electron chi connectivity index (χ0n) is 20.5. The summed E-state index contributed by atoms with van der Waals surface area (Å²) in [6.07, 6.45) is 18.5. The predicted molar refractivity (Wildman–Crippen MR) is 127 cm³/mol. The maximum absolute atomic E-state index is 12.1. The first-order valence-electron chi connectivity index (χ1n) is 13.1. The Hall–Kier alpha value is -0.850. The second-order valence-corrected chi connectivity index (χ2v) is 12.3. The fourth-order valence-electron chi connectivity index (χ4n) is 8.49. The molecule has 0 N–H and O–H groups in total. The molecule has 168 valence electrons. The fraction of sp³-hybridized carbons (Fsp3) is 0.828. The first-order chi connectivity index (χ1) is 14.2. The van der Waals surface area contributed by atoms with E-state index in [2.05, 4.69) is 59.8 Å². The molecule has 0 spiro atoms. The molecule has 4 aliphatic carbocycles. The van der Waals surface area contributed by atoms with Crippen LogP contribution in [0.4, 0.5) is 0 Å². The lowest BCUT2D eigenvalue weighted by Crippen LogP contribution is -2.49. The van der Waals surface area contributed by atoms with Crippen molar-refractivity contribution in [2.24, 2.45) is 52.3 Å². The van der Waals surface area contributed by atoms with E-state index < -0.39 is 0 Å². The van der Waals surface area contributed by atoms with Crippen LogP contribution in [0.5, 0.6) is 0 Å². The van der Waals surface area contributed by atoms with Crippen LogP contribution < -0.4 is 0 Å². The van der Waals surface area contributed by atoms with Crippen molar-refractivity contribution in [3.05, 3.63) is 23.8 Å². The van der Waals surface area contributed by atoms with E-state index in [1.165, 1.54) is 32.1 Å². The summed E-state index contributed by atoms with van der Waals surface area (Å²) in [6, 6.07) is 0. The SMILES string of the molecule is CCC(C=CC(C)[C@@H]1CC[C@@H]2C3=CC[C@H]4CC(=O)CC[C@]4(C)[C@@H]3CC[C@@]21C)C(C)C. The molecule has 0 bridgehead atoms. The van der Waals surface area contributed by atoms with Crippen LogP contribution in [-0.2, 0) is 4.79 Å². The minimum Gasteiger partial charge on any atom is -0.300 e. The largest absolute Gasteiger partial charge is 0.300 e. The molecule has 4 rings (SSSR count). The number of allylic oxidation sites excluding steroid dienone is 4. The number of carbonyl (C=O) groups is 1. The van der Waals surface area contributed by atoms with Gasteiger partial charge in [0.05, 0.1) is 0 Å². The van der Waals surface area contributed by atoms with Crippen LogP contribution in [0, 0.1) is 52.3 Å². The van der Waals surface area contributed by atoms with Crippen molar-refractivity contribution < 1.29 is 4.79 Å². The van der Waals surface area contributed by atoms with Crippen LogP contribution in [0.2, 0.25) is 0 Å². The number of hydrogen-bond donors (Lipinski definition) is 0. The smallest absolute Gasteiger partial charge is 0.133 e. The van der Waals surface area contributed by atoms with Crippen molar-refractivity contribution in [2.75, 3.05) is 0 Å². The lowest BCUT2D eigenvalue weighted by Gasteiger charge is -2.57. The highest BCUT2D eigenvalue weighted by molar-refractivity contribution is 5.79. The zero-order valence-corrected chi connectivity index (χ0v) is 20.5. The summed E-state index contributed by atoms with van der Waals surface area (Å²) < 4.78 is 0. The van der Waals surface area contributed by atoms with Gasteiger partial charge in [0.25, 0.3) is 0 Å². The van der Waals surface area contributed by atoms with Gasteiger partial charge in [0.2, 0.25) is 0 Å². The number of ketones is 1. The molecule has 0 amide bonds. The third-order valence-electron chi connectivity index (χ3n) is 10.6. The van der Waals surface area contributed by atoms with Crippen molar-refractivity contribution in [2.45, 2.75) is 99.3 Å². The summed E-state index contributed by atoms with van der Waals surface area (Å²) in [4.78, 5) is 12.1. The van der Waals surface area contributed by atoms with Crippen molar-refractivity contribution in [1.29, 1.82) is 0 Å². The van der Waals surface area contributed by atoms with Crippen LogP contribution in [0.3, 0.4) is 0 Å². The van der Waals surface area contributed by atoms with Crippen LogP contribution in [0.25, 0.3) is 0 Å². The van der Waals surface area contributed by atoms with Gasteiger partial charge in [-0.2, -0.15) is 0 Å². The van der Waals surface area contributed by atoms with Crippen LogP contribution in [0.15, 0.2) is 23.8 Å². The molecule has 30 heavy (non-hydrogen) atoms. The number of fused-ring (bicyclic) bond motifs is 5. The maximum atomic E-state index is 12.1. The zero-order chi connectivity index (χ0) is 21.7. The fourth-order valence-corrected chi connectivity index (χ4v) is 8.49. The van der Waals surface area contributed by atoms with Crippen LogP contribution in [-0.4, -0.2) is 5.78 Å². The van der Waals surface area contributed by atoms with Gasteiger partial charge in [0.15, 0.2) is 0 Å². The van der Waals surface area contributed by atoms with Gasteiger partial charge in [-0.1, -0.05) is 65.3 Å². The molecule has 3 fully saturated rings. The van der Waals surface area contributed by atoms with E-state index in [9.17, 15) is 4.79 Å². The standard InChI is InChI=1S/C29H46O/c1-7-21(19(2)3)9-8-20(4)25-12-13-26-24-11-10-22-18-23(30)14-16-28(22,5)27(24)15-17-29(25,26)6/h8-9,11,19-22,25-27H,7,10,12-18H2,1-6H3/t20?,21?,22-,25-,26+,27+,28-,29+/m0/s1. The Labute approximate surface area is 186 Å². The molecule has 8 atom stereocenters. The van der Waals surface area contributed by atoms with Crippen molar-refractivity contribution in [3.8, 4) is 0 Å². The molecule has 2 unspecified atom stereocenters. The van der Waals surface area contributed by atoms with E-state index in [0.717, 1.165) is 55.3 Å². The Balaban J connectivity index is 1.54. The minimum atomic E-state index is 0.383. The topological polar surface area (TPSA) is 17.1 Å². The highest BCUT2D eigenvalue weighted by Gasteiger charge is 2.58. The first-order valence-corrected chi connectivity index (χ1v) is 13.1. The normalized spacial score (nSPS) is 43.2. The van der Waals surface area contributed by atoms with Gasteiger partial charge < -0.3 is 0 Å². The molecular weight excluding hydrogens is 364 g/mol. The Morgan fingerprint density at radius 3 is 2.47 bits per heavy atom. The predicted octanol–water partition coefficient (Wildman–Crippen LogP) is 8.01. The summed E-state index contributed by atoms with van der Waals surface area (Å²) in [6.45, 7) is 14.7. The molecule has 0 aliphatic heterocycles. The lowest BCUT2D eigenvalue weighted by molar-refractivity contribution is -0.127. The molecule has 4 aliphatic rings. The molecule has 0 heterocycles. The van der Waals surface area contributed by atoms with Gasteiger partial charge in [0, 0.05) is 12.8 Å². The summed E-state index contributed by atoms with van der Waals surface area (Å²) in [7, 11) is 0. The Morgan fingerprint density at radius 2 is 1.77 bits per heavy atom. The number of carbonyl (C=O) groups excluding carboxylic acids is 1. The molecule has 0 aromatic carbocycles. The second-order valence-electron chi connectivity index (χ2n) is 12.3. The summed E-state index contributed by atoms with van der Waals surface area (Å²) >= 11 is 0. The van der Waals surface area contributed by atoms with Crippen LogP contribution in [0.1, 0.15) is 99.3 Å². The minimum absolute atomic E-state index is 0.383. The first kappa shape index (κ1) is 22.3. The Bertz CT molecular complexity index is 714. The summed E-state index contributed by atoms with van der Waals surface area (Å²) in [5.74, 6) is 5.63. The summed E-state index contributed by atoms with van der Waals surface area (Å²) in [5.41, 5.74) is 2.68. The molecule has 1 heteroatoms. The van der Waals surface area contributed by atoms with Crippen molar-refractivity contribution in [1.82, 2.24) is 0 Å². The quantitative estimate of drug-likeness (QED) is 0.419. The average Bonchev–Trinajstić information content (AvgIpc) is 3.06. The van der Waals surface area contributed by atoms with Gasteiger partial charge in [-0.05, 0) is 97.2 Å². The van der Waals surface area contributed by atoms with E-state index in [1.807, 2.05) is 5.57 Å². The van der Waals surface area contributed by atoms with Gasteiger partial charge in [-0.15, -0.1) is 0 Å². The van der Waals surface area contributed by atoms with Crippen molar-refractivity contribution >= 4 is 5.78 Å². The van der Waals surface area contributed by atoms with Crippen molar-refractivity contribution in [3.63, 3.8) is 0 Å². The highest BCUT2D eigenvalue weighted by Crippen LogP contribution is 2.66. The van der Waals surface area contributed by atoms with Gasteiger partial charge in [-0.3, -0.25) is 4.79 Å². The van der Waals surface area contributed by atoms with E-state index >= 15 is 0 Å². The van der Waals surface area contributed by atoms with E-state index in [-0.39, 0.29) is 0 Å². The molecule has 0 radical (unpaired) electrons. The van der Waals surface area contributed by atoms with E-state index in [0.29, 0.717) is 28.4 Å². The molecule has 1 nitrogen and oxygen atoms in total. The molecule has 0 saturated heterocycles. The van der Waals surface area contributed by atoms with E-state index in [4.69, 9.17) is 0 Å². The van der Waals surface area contributed by atoms with Gasteiger partial charge in [0.1, 0.15) is 5.78 Å². The molecule has 0 aromatic heterocycles. The highest BCUT2D eigenvalue weighted by atomic mass is 16.1. The van der Waals surface area contributed by atoms with Gasteiger partial charge >= 0.3 is 0 Å². The molecular formula is C29H46O. The lowest BCUT2D eigenvalue weighted by atomic mass is 9.48. The third kappa shape index (κ3) is 3.57. The second kappa shape index (κ2) is 8.25. The van der Waals surface area contributed by atoms with Gasteiger partial charge in [-0.25, -0.2) is 0 Å². The number of Topliss-reactive ketones (excluding diaryl/α,β-unsaturated/α-hetero) is 1. The monoisotopic (exact) mass is 410 g/mol. The van der Waals surface area contributed by atoms with Crippen LogP contribution >= 0.6 is 0 Å². The molecule has 0 aromatic rings. The van der Waals surface area contributed by atoms with E-state index in [1.54, 1.807) is 0 Å². The maximum Gasteiger partial charge on any atom is 0.133 e. The summed E-state index contributed by atoms with van der Waals surface area (Å²) in [5, 5.41) is 0. The Morgan fingerprint density at radius 1 is 1.03 bits per heavy atom. The molecule has 3 saturated carbocycles. The number of hydrogen-bond acceptors (Lipinski definition) is 1. The average molecular weight is 411 g/mol. The number of rotatable bonds is 5. The Kier molecular flexibility index (Phi) is 6.15.